The molecule has 0 fully saturated rings. The first-order valence-electron chi connectivity index (χ1n) is 9.97. The maximum atomic E-state index is 12.9. The van der Waals surface area contributed by atoms with Gasteiger partial charge in [-0.15, -0.1) is 0 Å². The Labute approximate surface area is 192 Å². The van der Waals surface area contributed by atoms with Crippen LogP contribution in [0.1, 0.15) is 18.1 Å². The smallest absolute Gasteiger partial charge is 0.265 e. The molecule has 0 aromatic heterocycles. The van der Waals surface area contributed by atoms with E-state index in [1.54, 1.807) is 68.4 Å². The van der Waals surface area contributed by atoms with Crippen molar-refractivity contribution in [3.05, 3.63) is 77.9 Å². The van der Waals surface area contributed by atoms with Gasteiger partial charge < -0.3 is 14.8 Å². The van der Waals surface area contributed by atoms with E-state index < -0.39 is 22.0 Å². The zero-order chi connectivity index (χ0) is 24.0. The summed E-state index contributed by atoms with van der Waals surface area (Å²) in [6, 6.07) is 19.6. The van der Waals surface area contributed by atoms with Crippen LogP contribution in [0.15, 0.2) is 71.6 Å². The molecule has 3 aromatic rings. The summed E-state index contributed by atoms with van der Waals surface area (Å²) in [7, 11) is -2.38. The van der Waals surface area contributed by atoms with Crippen LogP contribution in [-0.4, -0.2) is 27.5 Å². The molecule has 8 nitrogen and oxygen atoms in total. The van der Waals surface area contributed by atoms with E-state index in [4.69, 9.17) is 14.7 Å². The van der Waals surface area contributed by atoms with Crippen LogP contribution in [-0.2, 0) is 14.8 Å². The van der Waals surface area contributed by atoms with Gasteiger partial charge in [-0.3, -0.25) is 9.52 Å². The Morgan fingerprint density at radius 2 is 1.70 bits per heavy atom. The molecule has 3 rings (SSSR count). The molecule has 170 valence electrons. The van der Waals surface area contributed by atoms with E-state index >= 15 is 0 Å². The van der Waals surface area contributed by atoms with Gasteiger partial charge in [-0.1, -0.05) is 12.1 Å². The number of hydrogen-bond acceptors (Lipinski definition) is 6. The Morgan fingerprint density at radius 1 is 1.00 bits per heavy atom. The van der Waals surface area contributed by atoms with E-state index in [1.807, 2.05) is 6.07 Å². The summed E-state index contributed by atoms with van der Waals surface area (Å²) in [4.78, 5) is 12.6. The quantitative estimate of drug-likeness (QED) is 0.518. The molecule has 0 saturated heterocycles. The van der Waals surface area contributed by atoms with E-state index in [9.17, 15) is 13.2 Å². The molecule has 3 aromatic carbocycles. The van der Waals surface area contributed by atoms with Crippen molar-refractivity contribution in [2.75, 3.05) is 17.1 Å². The van der Waals surface area contributed by atoms with Crippen LogP contribution in [0, 0.1) is 18.3 Å². The van der Waals surface area contributed by atoms with Gasteiger partial charge in [0.25, 0.3) is 15.9 Å². The molecule has 0 aliphatic carbocycles. The second kappa shape index (κ2) is 10.1. The molecule has 1 amide bonds. The third-order valence-corrected chi connectivity index (χ3v) is 6.26. The second-order valence-corrected chi connectivity index (χ2v) is 8.85. The molecule has 0 aliphatic heterocycles. The molecule has 33 heavy (non-hydrogen) atoms. The van der Waals surface area contributed by atoms with Crippen molar-refractivity contribution < 1.29 is 22.7 Å². The minimum atomic E-state index is -3.90. The van der Waals surface area contributed by atoms with Gasteiger partial charge in [0.1, 0.15) is 11.5 Å². The number of hydrogen-bond donors (Lipinski definition) is 2. The van der Waals surface area contributed by atoms with E-state index in [2.05, 4.69) is 10.0 Å². The number of carbonyl (C=O) groups is 1. The van der Waals surface area contributed by atoms with E-state index in [-0.39, 0.29) is 4.90 Å². The van der Waals surface area contributed by atoms with E-state index in [1.165, 1.54) is 19.2 Å². The highest BCUT2D eigenvalue weighted by molar-refractivity contribution is 7.92. The number of rotatable bonds is 8. The number of amides is 1. The highest BCUT2D eigenvalue weighted by Gasteiger charge is 2.20. The lowest BCUT2D eigenvalue weighted by Crippen LogP contribution is -2.30. The topological polar surface area (TPSA) is 118 Å². The molecule has 1 atom stereocenters. The molecular weight excluding hydrogens is 442 g/mol. The molecule has 0 aliphatic rings. The largest absolute Gasteiger partial charge is 0.497 e. The van der Waals surface area contributed by atoms with Crippen molar-refractivity contribution in [3.8, 4) is 17.6 Å². The molecule has 0 bridgehead atoms. The average Bonchev–Trinajstić information content (AvgIpc) is 2.80. The Kier molecular flexibility index (Phi) is 7.20. The van der Waals surface area contributed by atoms with Gasteiger partial charge >= 0.3 is 0 Å². The Balaban J connectivity index is 1.74. The molecule has 9 heteroatoms. The fraction of sp³-hybridized carbons (Fsp3) is 0.167. The van der Waals surface area contributed by atoms with Crippen molar-refractivity contribution in [1.29, 1.82) is 5.26 Å². The van der Waals surface area contributed by atoms with Gasteiger partial charge in [-0.2, -0.15) is 5.26 Å². The van der Waals surface area contributed by atoms with Gasteiger partial charge in [0.2, 0.25) is 0 Å². The number of ether oxygens (including phenoxy) is 2. The maximum absolute atomic E-state index is 12.9. The first kappa shape index (κ1) is 23.6. The number of sulfonamides is 1. The minimum absolute atomic E-state index is 0.0337. The third kappa shape index (κ3) is 6.02. The van der Waals surface area contributed by atoms with Gasteiger partial charge in [0.15, 0.2) is 6.10 Å². The fourth-order valence-electron chi connectivity index (χ4n) is 2.98. The second-order valence-electron chi connectivity index (χ2n) is 7.20. The van der Waals surface area contributed by atoms with Crippen LogP contribution in [0.5, 0.6) is 11.5 Å². The molecule has 1 unspecified atom stereocenters. The predicted molar refractivity (Wildman–Crippen MR) is 125 cm³/mol. The number of carbonyl (C=O) groups excluding carboxylic acids is 1. The summed E-state index contributed by atoms with van der Waals surface area (Å²) in [5.41, 5.74) is 1.62. The lowest BCUT2D eigenvalue weighted by molar-refractivity contribution is -0.122. The number of aryl methyl sites for hydroxylation is 1. The number of nitrogens with zero attached hydrogens (tertiary/aromatic N) is 1. The summed E-state index contributed by atoms with van der Waals surface area (Å²) in [5, 5.41) is 11.7. The molecular formula is C24H23N3O5S. The first-order chi connectivity index (χ1) is 15.7. The summed E-state index contributed by atoms with van der Waals surface area (Å²) in [5.74, 6) is 0.523. The normalized spacial score (nSPS) is 11.7. The SMILES string of the molecule is COc1ccc(NS(=O)(=O)c2cc(NC(=O)C(C)Oc3cccc(C#N)c3)ccc2C)cc1. The Morgan fingerprint density at radius 3 is 2.36 bits per heavy atom. The van der Waals surface area contributed by atoms with Crippen molar-refractivity contribution in [2.45, 2.75) is 24.8 Å². The van der Waals surface area contributed by atoms with Gasteiger partial charge in [-0.05, 0) is 74.0 Å². The van der Waals surface area contributed by atoms with Crippen LogP contribution >= 0.6 is 0 Å². The molecule has 0 heterocycles. The van der Waals surface area contributed by atoms with Crippen LogP contribution < -0.4 is 19.5 Å². The van der Waals surface area contributed by atoms with Gasteiger partial charge in [-0.25, -0.2) is 8.42 Å². The Hall–Kier alpha value is -4.03. The maximum Gasteiger partial charge on any atom is 0.265 e. The Bertz CT molecular complexity index is 1300. The van der Waals surface area contributed by atoms with Crippen LogP contribution in [0.2, 0.25) is 0 Å². The van der Waals surface area contributed by atoms with Crippen molar-refractivity contribution in [3.63, 3.8) is 0 Å². The number of methoxy groups -OCH3 is 1. The number of benzene rings is 3. The predicted octanol–water partition coefficient (Wildman–Crippen LogP) is 4.08. The number of nitrogens with one attached hydrogen (secondary N) is 2. The van der Waals surface area contributed by atoms with Gasteiger partial charge in [0.05, 0.1) is 23.6 Å². The highest BCUT2D eigenvalue weighted by atomic mass is 32.2. The third-order valence-electron chi connectivity index (χ3n) is 4.73. The summed E-state index contributed by atoms with van der Waals surface area (Å²) in [6.45, 7) is 3.23. The van der Waals surface area contributed by atoms with Crippen LogP contribution in [0.3, 0.4) is 0 Å². The summed E-state index contributed by atoms with van der Waals surface area (Å²) >= 11 is 0. The number of nitriles is 1. The molecule has 0 saturated carbocycles. The minimum Gasteiger partial charge on any atom is -0.497 e. The lowest BCUT2D eigenvalue weighted by Gasteiger charge is -2.16. The van der Waals surface area contributed by atoms with Crippen molar-refractivity contribution in [2.24, 2.45) is 0 Å². The standard InChI is InChI=1S/C24H23N3O5S/c1-16-7-8-20(26-24(28)17(2)32-22-6-4-5-18(13-22)15-25)14-23(16)33(29,30)27-19-9-11-21(31-3)12-10-19/h4-14,17,27H,1-3H3,(H,26,28). The monoisotopic (exact) mass is 465 g/mol. The molecule has 0 radical (unpaired) electrons. The number of anilines is 2. The first-order valence-corrected chi connectivity index (χ1v) is 11.5. The van der Waals surface area contributed by atoms with Crippen LogP contribution in [0.25, 0.3) is 0 Å². The van der Waals surface area contributed by atoms with Crippen molar-refractivity contribution >= 4 is 27.3 Å². The van der Waals surface area contributed by atoms with Crippen molar-refractivity contribution in [1.82, 2.24) is 0 Å². The molecule has 0 spiro atoms. The highest BCUT2D eigenvalue weighted by Crippen LogP contribution is 2.24. The zero-order valence-corrected chi connectivity index (χ0v) is 19.1. The van der Waals surface area contributed by atoms with E-state index in [0.717, 1.165) is 0 Å². The zero-order valence-electron chi connectivity index (χ0n) is 18.3. The molecule has 2 N–H and O–H groups in total. The average molecular weight is 466 g/mol. The van der Waals surface area contributed by atoms with E-state index in [0.29, 0.717) is 34.0 Å². The summed E-state index contributed by atoms with van der Waals surface area (Å²) in [6.07, 6.45) is -0.877. The summed E-state index contributed by atoms with van der Waals surface area (Å²) < 4.78 is 39.1. The fourth-order valence-corrected chi connectivity index (χ4v) is 4.31. The van der Waals surface area contributed by atoms with Crippen LogP contribution in [0.4, 0.5) is 11.4 Å². The lowest BCUT2D eigenvalue weighted by atomic mass is 10.2. The van der Waals surface area contributed by atoms with Gasteiger partial charge in [0, 0.05) is 11.4 Å².